The highest BCUT2D eigenvalue weighted by molar-refractivity contribution is 7.89. The number of ketones is 1. The van der Waals surface area contributed by atoms with Gasteiger partial charge in [-0.1, -0.05) is 13.8 Å². The van der Waals surface area contributed by atoms with Gasteiger partial charge >= 0.3 is 5.97 Å². The number of hydrogen-bond donors (Lipinski definition) is 0. The van der Waals surface area contributed by atoms with Crippen LogP contribution in [0.4, 0.5) is 0 Å². The molecule has 0 saturated heterocycles. The van der Waals surface area contributed by atoms with Crippen LogP contribution < -0.4 is 0 Å². The monoisotopic (exact) mass is 472 g/mol. The van der Waals surface area contributed by atoms with Crippen molar-refractivity contribution in [1.29, 1.82) is 0 Å². The second-order valence-electron chi connectivity index (χ2n) is 7.56. The number of hydrogen-bond acceptors (Lipinski definition) is 6. The Hall–Kier alpha value is -3.17. The number of aromatic nitrogens is 1. The van der Waals surface area contributed by atoms with Gasteiger partial charge < -0.3 is 13.7 Å². The van der Waals surface area contributed by atoms with Crippen molar-refractivity contribution in [3.05, 3.63) is 77.0 Å². The molecule has 0 N–H and O–H groups in total. The summed E-state index contributed by atoms with van der Waals surface area (Å²) in [5.41, 5.74) is 2.30. The molecule has 9 heteroatoms. The molecule has 0 atom stereocenters. The third kappa shape index (κ3) is 5.26. The van der Waals surface area contributed by atoms with Gasteiger partial charge in [0, 0.05) is 30.0 Å². The Bertz CT molecular complexity index is 1220. The Labute approximate surface area is 193 Å². The summed E-state index contributed by atoms with van der Waals surface area (Å²) in [7, 11) is -3.61. The highest BCUT2D eigenvalue weighted by Crippen LogP contribution is 2.19. The lowest BCUT2D eigenvalue weighted by molar-refractivity contribution is 0.0474. The van der Waals surface area contributed by atoms with Gasteiger partial charge in [-0.05, 0) is 56.3 Å². The maximum atomic E-state index is 12.7. The number of benzene rings is 1. The molecule has 0 aliphatic carbocycles. The number of rotatable bonds is 10. The van der Waals surface area contributed by atoms with Crippen molar-refractivity contribution < 1.29 is 27.2 Å². The first-order valence-electron chi connectivity index (χ1n) is 10.7. The van der Waals surface area contributed by atoms with E-state index >= 15 is 0 Å². The minimum Gasteiger partial charge on any atom is -0.467 e. The molecule has 0 spiro atoms. The average Bonchev–Trinajstić information content (AvgIpc) is 3.42. The standard InChI is InChI=1S/C24H28N2O6S/c1-5-25(6-2)33(29,30)21-11-9-19(10-12-21)24(28)32-16-23(27)22-14-17(3)26(18(22)4)15-20-8-7-13-31-20/h7-14H,5-6,15-16H2,1-4H3. The van der Waals surface area contributed by atoms with E-state index < -0.39 is 22.6 Å². The van der Waals surface area contributed by atoms with E-state index in [0.717, 1.165) is 17.1 Å². The van der Waals surface area contributed by atoms with Crippen LogP contribution >= 0.6 is 0 Å². The summed E-state index contributed by atoms with van der Waals surface area (Å²) < 4.78 is 39.0. The summed E-state index contributed by atoms with van der Waals surface area (Å²) in [6.07, 6.45) is 1.60. The van der Waals surface area contributed by atoms with Crippen LogP contribution in [0.2, 0.25) is 0 Å². The first kappa shape index (κ1) is 24.5. The summed E-state index contributed by atoms with van der Waals surface area (Å²) in [6, 6.07) is 10.9. The fraction of sp³-hybridized carbons (Fsp3) is 0.333. The molecule has 0 aliphatic heterocycles. The lowest BCUT2D eigenvalue weighted by Crippen LogP contribution is -2.30. The number of sulfonamides is 1. The Morgan fingerprint density at radius 2 is 1.73 bits per heavy atom. The molecule has 0 saturated carbocycles. The zero-order valence-electron chi connectivity index (χ0n) is 19.2. The highest BCUT2D eigenvalue weighted by Gasteiger charge is 2.22. The van der Waals surface area contributed by atoms with E-state index in [4.69, 9.17) is 9.15 Å². The molecule has 3 rings (SSSR count). The average molecular weight is 473 g/mol. The van der Waals surface area contributed by atoms with Crippen LogP contribution in [0.5, 0.6) is 0 Å². The van der Waals surface area contributed by atoms with E-state index in [1.54, 1.807) is 32.2 Å². The van der Waals surface area contributed by atoms with Crippen molar-refractivity contribution in [1.82, 2.24) is 8.87 Å². The predicted molar refractivity (Wildman–Crippen MR) is 123 cm³/mol. The number of Topliss-reactive ketones (excluding diaryl/α,β-unsaturated/α-hetero) is 1. The van der Waals surface area contributed by atoms with Crippen molar-refractivity contribution in [2.75, 3.05) is 19.7 Å². The highest BCUT2D eigenvalue weighted by atomic mass is 32.2. The number of nitrogens with zero attached hydrogens (tertiary/aromatic N) is 2. The first-order valence-corrected chi connectivity index (χ1v) is 12.1. The van der Waals surface area contributed by atoms with Crippen LogP contribution in [0.15, 0.2) is 58.0 Å². The van der Waals surface area contributed by atoms with Gasteiger partial charge in [-0.3, -0.25) is 4.79 Å². The molecule has 0 bridgehead atoms. The smallest absolute Gasteiger partial charge is 0.338 e. The van der Waals surface area contributed by atoms with Gasteiger partial charge in [0.1, 0.15) is 5.76 Å². The van der Waals surface area contributed by atoms with Gasteiger partial charge in [-0.15, -0.1) is 0 Å². The molecule has 3 aromatic rings. The molecule has 8 nitrogen and oxygen atoms in total. The number of ether oxygens (including phenoxy) is 1. The molecule has 0 unspecified atom stereocenters. The molecule has 0 fully saturated rings. The molecular weight excluding hydrogens is 444 g/mol. The van der Waals surface area contributed by atoms with Crippen LogP contribution in [0, 0.1) is 13.8 Å². The number of esters is 1. The summed E-state index contributed by atoms with van der Waals surface area (Å²) in [5.74, 6) is -0.240. The summed E-state index contributed by atoms with van der Waals surface area (Å²) in [4.78, 5) is 25.2. The SMILES string of the molecule is CCN(CC)S(=O)(=O)c1ccc(C(=O)OCC(=O)c2cc(C)n(Cc3ccco3)c2C)cc1. The second kappa shape index (κ2) is 10.2. The first-order chi connectivity index (χ1) is 15.7. The van der Waals surface area contributed by atoms with Crippen molar-refractivity contribution in [3.63, 3.8) is 0 Å². The summed E-state index contributed by atoms with van der Waals surface area (Å²) >= 11 is 0. The fourth-order valence-corrected chi connectivity index (χ4v) is 5.11. The normalized spacial score (nSPS) is 11.7. The van der Waals surface area contributed by atoms with Crippen LogP contribution in [0.25, 0.3) is 0 Å². The van der Waals surface area contributed by atoms with Gasteiger partial charge in [0.15, 0.2) is 6.61 Å². The molecule has 2 heterocycles. The number of aryl methyl sites for hydroxylation is 1. The van der Waals surface area contributed by atoms with E-state index in [1.165, 1.54) is 28.6 Å². The number of carbonyl (C=O) groups excluding carboxylic acids is 2. The maximum absolute atomic E-state index is 12.7. The quantitative estimate of drug-likeness (QED) is 0.329. The number of furan rings is 1. The van der Waals surface area contributed by atoms with Crippen molar-refractivity contribution in [2.45, 2.75) is 39.1 Å². The van der Waals surface area contributed by atoms with Crippen LogP contribution in [0.3, 0.4) is 0 Å². The summed E-state index contributed by atoms with van der Waals surface area (Å²) in [5, 5.41) is 0. The molecule has 2 aromatic heterocycles. The van der Waals surface area contributed by atoms with Crippen LogP contribution in [-0.4, -0.2) is 48.7 Å². The molecule has 1 aromatic carbocycles. The Balaban J connectivity index is 1.66. The lowest BCUT2D eigenvalue weighted by Gasteiger charge is -2.18. The molecular formula is C24H28N2O6S. The van der Waals surface area contributed by atoms with E-state index in [2.05, 4.69) is 0 Å². The molecule has 0 amide bonds. The van der Waals surface area contributed by atoms with Gasteiger partial charge in [0.05, 0.1) is 23.3 Å². The third-order valence-corrected chi connectivity index (χ3v) is 7.60. The van der Waals surface area contributed by atoms with Crippen LogP contribution in [-0.2, 0) is 21.3 Å². The Morgan fingerprint density at radius 1 is 1.06 bits per heavy atom. The van der Waals surface area contributed by atoms with E-state index in [0.29, 0.717) is 25.2 Å². The molecule has 0 radical (unpaired) electrons. The zero-order valence-corrected chi connectivity index (χ0v) is 20.0. The Kier molecular flexibility index (Phi) is 7.55. The topological polar surface area (TPSA) is 98.8 Å². The largest absolute Gasteiger partial charge is 0.467 e. The van der Waals surface area contributed by atoms with E-state index in [-0.39, 0.29) is 16.2 Å². The minimum absolute atomic E-state index is 0.0998. The van der Waals surface area contributed by atoms with E-state index in [9.17, 15) is 18.0 Å². The number of carbonyl (C=O) groups is 2. The summed E-state index contributed by atoms with van der Waals surface area (Å²) in [6.45, 7) is 8.05. The zero-order chi connectivity index (χ0) is 24.2. The second-order valence-corrected chi connectivity index (χ2v) is 9.50. The molecule has 0 aliphatic rings. The lowest BCUT2D eigenvalue weighted by atomic mass is 10.1. The van der Waals surface area contributed by atoms with Crippen molar-refractivity contribution >= 4 is 21.8 Å². The van der Waals surface area contributed by atoms with Gasteiger partial charge in [0.25, 0.3) is 0 Å². The van der Waals surface area contributed by atoms with E-state index in [1.807, 2.05) is 24.5 Å². The predicted octanol–water partition coefficient (Wildman–Crippen LogP) is 3.82. The van der Waals surface area contributed by atoms with Crippen LogP contribution in [0.1, 0.15) is 51.7 Å². The van der Waals surface area contributed by atoms with Crippen molar-refractivity contribution in [2.24, 2.45) is 0 Å². The molecule has 176 valence electrons. The molecule has 33 heavy (non-hydrogen) atoms. The van der Waals surface area contributed by atoms with Gasteiger partial charge in [-0.25, -0.2) is 13.2 Å². The third-order valence-electron chi connectivity index (χ3n) is 5.54. The Morgan fingerprint density at radius 3 is 2.30 bits per heavy atom. The van der Waals surface area contributed by atoms with Crippen molar-refractivity contribution in [3.8, 4) is 0 Å². The van der Waals surface area contributed by atoms with Gasteiger partial charge in [-0.2, -0.15) is 4.31 Å². The maximum Gasteiger partial charge on any atom is 0.338 e. The van der Waals surface area contributed by atoms with Gasteiger partial charge in [0.2, 0.25) is 15.8 Å². The fourth-order valence-electron chi connectivity index (χ4n) is 3.65. The minimum atomic E-state index is -3.61.